The molecule has 0 bridgehead atoms. The van der Waals surface area contributed by atoms with Gasteiger partial charge in [-0.2, -0.15) is 13.2 Å². The number of hydrogen-bond donors (Lipinski definition) is 1. The second-order valence-electron chi connectivity index (χ2n) is 12.5. The molecular weight excluding hydrogens is 592 g/mol. The maximum atomic E-state index is 15.7. The van der Waals surface area contributed by atoms with Crippen LogP contribution in [0.15, 0.2) is 48.7 Å². The first-order valence-corrected chi connectivity index (χ1v) is 18.2. The van der Waals surface area contributed by atoms with Crippen LogP contribution >= 0.6 is 0 Å². The van der Waals surface area contributed by atoms with E-state index >= 15 is 4.39 Å². The van der Waals surface area contributed by atoms with Crippen molar-refractivity contribution in [1.82, 2.24) is 9.88 Å². The Morgan fingerprint density at radius 2 is 1.80 bits per heavy atom. The lowest BCUT2D eigenvalue weighted by atomic mass is 10.00. The Kier molecular flexibility index (Phi) is 9.84. The van der Waals surface area contributed by atoms with Crippen LogP contribution in [0.2, 0.25) is 25.7 Å². The molecule has 12 heteroatoms. The van der Waals surface area contributed by atoms with Gasteiger partial charge in [0.15, 0.2) is 0 Å². The van der Waals surface area contributed by atoms with Crippen LogP contribution in [0.3, 0.4) is 0 Å². The number of piperazine rings is 1. The molecule has 2 heterocycles. The molecule has 1 amide bonds. The molecule has 1 aromatic heterocycles. The number of likely N-dealkylation sites (N-methyl/N-ethyl adjacent to an activating group) is 1. The molecule has 3 aromatic rings. The van der Waals surface area contributed by atoms with Crippen LogP contribution in [0.1, 0.15) is 40.1 Å². The molecule has 7 nitrogen and oxygen atoms in total. The average Bonchev–Trinajstić information content (AvgIpc) is 2.95. The number of nitrogens with one attached hydrogen (secondary N) is 1. The third-order valence-electron chi connectivity index (χ3n) is 7.90. The summed E-state index contributed by atoms with van der Waals surface area (Å²) in [6, 6.07) is 10.6. The van der Waals surface area contributed by atoms with Crippen LogP contribution in [0.25, 0.3) is 11.1 Å². The quantitative estimate of drug-likeness (QED) is 0.153. The largest absolute Gasteiger partial charge is 0.478 e. The number of carbonyl (C=O) groups excluding carboxylic acids is 2. The van der Waals surface area contributed by atoms with Crippen molar-refractivity contribution in [3.8, 4) is 17.0 Å². The van der Waals surface area contributed by atoms with Gasteiger partial charge in [0.1, 0.15) is 12.1 Å². The third kappa shape index (κ3) is 7.84. The monoisotopic (exact) mass is 630 g/mol. The highest BCUT2D eigenvalue weighted by atomic mass is 28.3. The number of benzene rings is 2. The first kappa shape index (κ1) is 33.1. The topological polar surface area (TPSA) is 74.8 Å². The molecule has 4 rings (SSSR count). The van der Waals surface area contributed by atoms with Crippen molar-refractivity contribution < 1.29 is 31.9 Å². The van der Waals surface area contributed by atoms with Crippen molar-refractivity contribution in [2.75, 3.05) is 37.0 Å². The van der Waals surface area contributed by atoms with Crippen LogP contribution in [0, 0.1) is 5.82 Å². The summed E-state index contributed by atoms with van der Waals surface area (Å²) in [6.45, 7) is 11.6. The average molecular weight is 631 g/mol. The number of rotatable bonds is 9. The maximum absolute atomic E-state index is 15.7. The number of amides is 1. The van der Waals surface area contributed by atoms with Crippen LogP contribution in [0.5, 0.6) is 5.88 Å². The van der Waals surface area contributed by atoms with Gasteiger partial charge in [-0.3, -0.25) is 14.5 Å². The zero-order chi connectivity index (χ0) is 32.4. The highest BCUT2D eigenvalue weighted by Gasteiger charge is 2.37. The number of nitrogens with zero attached hydrogens (tertiary/aromatic N) is 3. The third-order valence-corrected chi connectivity index (χ3v) is 9.60. The normalized spacial score (nSPS) is 17.8. The van der Waals surface area contributed by atoms with Crippen molar-refractivity contribution in [2.24, 2.45) is 0 Å². The van der Waals surface area contributed by atoms with Crippen LogP contribution in [-0.4, -0.2) is 69.0 Å². The van der Waals surface area contributed by atoms with Gasteiger partial charge >= 0.3 is 6.18 Å². The fourth-order valence-electron chi connectivity index (χ4n) is 5.11. The standard InChI is InChI=1S/C32H38F4N4O3Si/c1-20-17-40(18-21(2)39(20)3)29-15-27(33)24(23-9-7-8-22(12-23)19-41)13-28(29)38-31(42)25-16-37-30(14-26(25)32(34,35)36)43-10-11-44(4,5)6/h7-9,12-16,19-21H,10-11,17-18H2,1-6H3,(H,38,42)/t20-,21+. The van der Waals surface area contributed by atoms with E-state index in [2.05, 4.69) is 34.8 Å². The first-order chi connectivity index (χ1) is 20.6. The second-order valence-corrected chi connectivity index (χ2v) is 18.2. The summed E-state index contributed by atoms with van der Waals surface area (Å²) in [5.74, 6) is -1.86. The number of halogens is 4. The summed E-state index contributed by atoms with van der Waals surface area (Å²) in [6.07, 6.45) is -3.36. The maximum Gasteiger partial charge on any atom is 0.417 e. The molecule has 2 aromatic carbocycles. The molecule has 0 aliphatic carbocycles. The molecule has 0 saturated carbocycles. The summed E-state index contributed by atoms with van der Waals surface area (Å²) in [5, 5.41) is 2.62. The molecule has 1 fully saturated rings. The Bertz CT molecular complexity index is 1510. The predicted molar refractivity (Wildman–Crippen MR) is 167 cm³/mol. The van der Waals surface area contributed by atoms with Crippen molar-refractivity contribution in [2.45, 2.75) is 57.8 Å². The number of aldehydes is 1. The van der Waals surface area contributed by atoms with E-state index in [9.17, 15) is 22.8 Å². The SMILES string of the molecule is C[C@@H]1CN(c2cc(F)c(-c3cccc(C=O)c3)cc2NC(=O)c2cnc(OCC[Si](C)(C)C)cc2C(F)(F)F)C[C@H](C)N1C. The first-order valence-electron chi connectivity index (χ1n) is 14.4. The lowest BCUT2D eigenvalue weighted by Crippen LogP contribution is -2.55. The predicted octanol–water partition coefficient (Wildman–Crippen LogP) is 7.22. The highest BCUT2D eigenvalue weighted by Crippen LogP contribution is 2.38. The minimum Gasteiger partial charge on any atom is -0.478 e. The van der Waals surface area contributed by atoms with Crippen LogP contribution in [-0.2, 0) is 6.18 Å². The number of aromatic nitrogens is 1. The van der Waals surface area contributed by atoms with E-state index in [-0.39, 0.29) is 35.8 Å². The number of carbonyl (C=O) groups is 2. The number of ether oxygens (including phenoxy) is 1. The summed E-state index contributed by atoms with van der Waals surface area (Å²) >= 11 is 0. The molecule has 44 heavy (non-hydrogen) atoms. The number of anilines is 2. The van der Waals surface area contributed by atoms with Gasteiger partial charge in [-0.15, -0.1) is 0 Å². The lowest BCUT2D eigenvalue weighted by molar-refractivity contribution is -0.138. The molecule has 1 saturated heterocycles. The van der Waals surface area contributed by atoms with Gasteiger partial charge in [0.25, 0.3) is 5.91 Å². The van der Waals surface area contributed by atoms with E-state index in [1.807, 2.05) is 25.8 Å². The van der Waals surface area contributed by atoms with Crippen molar-refractivity contribution in [3.05, 3.63) is 71.2 Å². The van der Waals surface area contributed by atoms with Gasteiger partial charge < -0.3 is 15.0 Å². The van der Waals surface area contributed by atoms with Gasteiger partial charge in [0.2, 0.25) is 5.88 Å². The van der Waals surface area contributed by atoms with E-state index in [0.717, 1.165) is 18.3 Å². The van der Waals surface area contributed by atoms with Gasteiger partial charge in [-0.25, -0.2) is 9.37 Å². The summed E-state index contributed by atoms with van der Waals surface area (Å²) in [4.78, 5) is 33.0. The smallest absolute Gasteiger partial charge is 0.417 e. The second kappa shape index (κ2) is 13.1. The van der Waals surface area contributed by atoms with E-state index in [4.69, 9.17) is 4.74 Å². The van der Waals surface area contributed by atoms with E-state index < -0.39 is 37.1 Å². The summed E-state index contributed by atoms with van der Waals surface area (Å²) in [5.41, 5.74) is -0.602. The van der Waals surface area contributed by atoms with Gasteiger partial charge in [-0.1, -0.05) is 37.8 Å². The van der Waals surface area contributed by atoms with Gasteiger partial charge in [0, 0.05) is 56.6 Å². The van der Waals surface area contributed by atoms with E-state index in [1.165, 1.54) is 18.2 Å². The molecule has 0 unspecified atom stereocenters. The fraction of sp³-hybridized carbons (Fsp3) is 0.406. The number of hydrogen-bond acceptors (Lipinski definition) is 6. The summed E-state index contributed by atoms with van der Waals surface area (Å²) in [7, 11) is 0.495. The van der Waals surface area contributed by atoms with Crippen LogP contribution in [0.4, 0.5) is 28.9 Å². The van der Waals surface area contributed by atoms with Crippen molar-refractivity contribution in [3.63, 3.8) is 0 Å². The minimum absolute atomic E-state index is 0.0864. The Morgan fingerprint density at radius 1 is 1.11 bits per heavy atom. The molecule has 0 spiro atoms. The zero-order valence-electron chi connectivity index (χ0n) is 25.8. The molecule has 1 N–H and O–H groups in total. The fourth-order valence-corrected chi connectivity index (χ4v) is 5.82. The molecule has 0 radical (unpaired) electrons. The van der Waals surface area contributed by atoms with Crippen molar-refractivity contribution >= 4 is 31.6 Å². The molecular formula is C32H38F4N4O3Si. The van der Waals surface area contributed by atoms with E-state index in [1.54, 1.807) is 18.2 Å². The summed E-state index contributed by atoms with van der Waals surface area (Å²) < 4.78 is 63.8. The highest BCUT2D eigenvalue weighted by molar-refractivity contribution is 6.76. The number of pyridine rings is 1. The van der Waals surface area contributed by atoms with Crippen molar-refractivity contribution in [1.29, 1.82) is 0 Å². The lowest BCUT2D eigenvalue weighted by Gasteiger charge is -2.44. The Morgan fingerprint density at radius 3 is 2.41 bits per heavy atom. The van der Waals surface area contributed by atoms with Gasteiger partial charge in [0.05, 0.1) is 29.1 Å². The Balaban J connectivity index is 1.75. The molecule has 236 valence electrons. The molecule has 1 aliphatic heterocycles. The Labute approximate surface area is 256 Å². The Hall–Kier alpha value is -3.77. The van der Waals surface area contributed by atoms with Gasteiger partial charge in [-0.05, 0) is 50.7 Å². The van der Waals surface area contributed by atoms with E-state index in [0.29, 0.717) is 36.2 Å². The van der Waals surface area contributed by atoms with Crippen LogP contribution < -0.4 is 15.0 Å². The number of alkyl halides is 3. The zero-order valence-corrected chi connectivity index (χ0v) is 26.8. The minimum atomic E-state index is -4.86. The molecule has 2 atom stereocenters. The molecule has 1 aliphatic rings.